The van der Waals surface area contributed by atoms with E-state index in [4.69, 9.17) is 32.7 Å². The predicted octanol–water partition coefficient (Wildman–Crippen LogP) is 5.62. The summed E-state index contributed by atoms with van der Waals surface area (Å²) in [5.41, 5.74) is 2.73. The molecule has 3 aromatic carbocycles. The van der Waals surface area contributed by atoms with E-state index in [2.05, 4.69) is 5.32 Å². The zero-order valence-corrected chi connectivity index (χ0v) is 20.5. The fourth-order valence-electron chi connectivity index (χ4n) is 3.50. The lowest BCUT2D eigenvalue weighted by Gasteiger charge is -2.18. The molecule has 9 heteroatoms. The van der Waals surface area contributed by atoms with Crippen LogP contribution in [-0.4, -0.2) is 24.9 Å². The topological polar surface area (TPSA) is 84.9 Å². The molecule has 7 nitrogen and oxygen atoms in total. The van der Waals surface area contributed by atoms with E-state index in [-0.39, 0.29) is 22.2 Å². The van der Waals surface area contributed by atoms with Crippen LogP contribution in [0, 0.1) is 13.8 Å². The highest BCUT2D eigenvalue weighted by Gasteiger charge is 2.40. The van der Waals surface area contributed by atoms with E-state index in [1.54, 1.807) is 42.5 Å². The number of methoxy groups -OCH3 is 1. The molecular formula is C26H20Cl2N2O5. The third-order valence-electron chi connectivity index (χ3n) is 5.56. The second kappa shape index (κ2) is 9.82. The van der Waals surface area contributed by atoms with Crippen molar-refractivity contribution in [2.45, 2.75) is 13.8 Å². The Hall–Kier alpha value is -3.81. The van der Waals surface area contributed by atoms with Crippen LogP contribution in [-0.2, 0) is 9.59 Å². The molecule has 1 N–H and O–H groups in total. The molecule has 178 valence electrons. The number of nitrogens with zero attached hydrogens (tertiary/aromatic N) is 1. The van der Waals surface area contributed by atoms with Crippen molar-refractivity contribution < 1.29 is 23.9 Å². The van der Waals surface area contributed by atoms with Gasteiger partial charge in [-0.15, -0.1) is 0 Å². The Morgan fingerprint density at radius 1 is 0.914 bits per heavy atom. The molecule has 0 aliphatic carbocycles. The number of imide groups is 1. The lowest BCUT2D eigenvalue weighted by atomic mass is 10.1. The van der Waals surface area contributed by atoms with Crippen molar-refractivity contribution in [3.8, 4) is 11.5 Å². The van der Waals surface area contributed by atoms with Crippen LogP contribution in [0.2, 0.25) is 5.02 Å². The number of hydrogen-bond donors (Lipinski definition) is 1. The van der Waals surface area contributed by atoms with Gasteiger partial charge in [0.05, 0.1) is 18.4 Å². The Bertz CT molecular complexity index is 1380. The Balaban J connectivity index is 1.52. The van der Waals surface area contributed by atoms with Crippen molar-refractivity contribution in [2.75, 3.05) is 17.3 Å². The fourth-order valence-corrected chi connectivity index (χ4v) is 3.87. The zero-order chi connectivity index (χ0) is 25.3. The molecule has 0 spiro atoms. The largest absolute Gasteiger partial charge is 0.495 e. The number of amides is 2. The summed E-state index contributed by atoms with van der Waals surface area (Å²) in [6.45, 7) is 3.82. The number of hydrogen-bond acceptors (Lipinski definition) is 6. The number of carbonyl (C=O) groups is 3. The van der Waals surface area contributed by atoms with E-state index >= 15 is 0 Å². The van der Waals surface area contributed by atoms with Gasteiger partial charge in [-0.25, -0.2) is 9.69 Å². The van der Waals surface area contributed by atoms with Crippen molar-refractivity contribution >= 4 is 52.4 Å². The van der Waals surface area contributed by atoms with Gasteiger partial charge in [0, 0.05) is 10.7 Å². The summed E-state index contributed by atoms with van der Waals surface area (Å²) in [4.78, 5) is 39.3. The minimum absolute atomic E-state index is 0.107. The Kier molecular flexibility index (Phi) is 6.82. The lowest BCUT2D eigenvalue weighted by molar-refractivity contribution is -0.120. The number of benzene rings is 3. The third-order valence-corrected chi connectivity index (χ3v) is 6.14. The summed E-state index contributed by atoms with van der Waals surface area (Å²) in [6.07, 6.45) is 0. The molecule has 0 bridgehead atoms. The second-order valence-electron chi connectivity index (χ2n) is 7.74. The van der Waals surface area contributed by atoms with Gasteiger partial charge in [-0.3, -0.25) is 9.59 Å². The average molecular weight is 511 g/mol. The van der Waals surface area contributed by atoms with Gasteiger partial charge >= 0.3 is 5.97 Å². The molecule has 1 aliphatic heterocycles. The molecule has 0 atom stereocenters. The zero-order valence-electron chi connectivity index (χ0n) is 19.0. The van der Waals surface area contributed by atoms with Crippen LogP contribution in [0.25, 0.3) is 0 Å². The predicted molar refractivity (Wildman–Crippen MR) is 134 cm³/mol. The van der Waals surface area contributed by atoms with Gasteiger partial charge < -0.3 is 14.8 Å². The smallest absolute Gasteiger partial charge is 0.343 e. The minimum Gasteiger partial charge on any atom is -0.495 e. The number of ether oxygens (including phenoxy) is 2. The first-order valence-corrected chi connectivity index (χ1v) is 11.2. The molecular weight excluding hydrogens is 491 g/mol. The van der Waals surface area contributed by atoms with Gasteiger partial charge in [0.25, 0.3) is 11.8 Å². The van der Waals surface area contributed by atoms with Crippen LogP contribution in [0.5, 0.6) is 11.5 Å². The number of aryl methyl sites for hydroxylation is 1. The van der Waals surface area contributed by atoms with E-state index in [0.717, 1.165) is 16.0 Å². The van der Waals surface area contributed by atoms with Crippen LogP contribution in [0.1, 0.15) is 21.5 Å². The molecule has 1 heterocycles. The number of anilines is 2. The molecule has 0 saturated carbocycles. The highest BCUT2D eigenvalue weighted by atomic mass is 35.5. The summed E-state index contributed by atoms with van der Waals surface area (Å²) < 4.78 is 10.8. The van der Waals surface area contributed by atoms with Crippen LogP contribution < -0.4 is 19.7 Å². The van der Waals surface area contributed by atoms with E-state index in [1.807, 2.05) is 26.0 Å². The van der Waals surface area contributed by atoms with Gasteiger partial charge in [0.2, 0.25) is 0 Å². The number of rotatable bonds is 6. The maximum Gasteiger partial charge on any atom is 0.343 e. The molecule has 2 amide bonds. The first-order chi connectivity index (χ1) is 16.7. The standard InChI is InChI=1S/C26H20Cl2N2O5/c1-14-5-4-6-20(15(14)2)35-26(33)16-7-10-18(11-8-16)29-23-22(28)24(31)30(25(23)32)19-13-17(27)9-12-21(19)34-3/h4-13,29H,1-3H3. The van der Waals surface area contributed by atoms with Crippen LogP contribution >= 0.6 is 23.2 Å². The van der Waals surface area contributed by atoms with E-state index in [9.17, 15) is 14.4 Å². The average Bonchev–Trinajstić information content (AvgIpc) is 3.05. The second-order valence-corrected chi connectivity index (χ2v) is 8.56. The maximum atomic E-state index is 13.1. The Morgan fingerprint density at radius 2 is 1.63 bits per heavy atom. The normalized spacial score (nSPS) is 13.3. The SMILES string of the molecule is COc1ccc(Cl)cc1N1C(=O)C(Cl)=C(Nc2ccc(C(=O)Oc3cccc(C)c3C)cc2)C1=O. The van der Waals surface area contributed by atoms with E-state index in [1.165, 1.54) is 13.2 Å². The highest BCUT2D eigenvalue weighted by molar-refractivity contribution is 6.53. The van der Waals surface area contributed by atoms with E-state index in [0.29, 0.717) is 22.0 Å². The van der Waals surface area contributed by atoms with Gasteiger partial charge in [-0.2, -0.15) is 0 Å². The Morgan fingerprint density at radius 3 is 2.31 bits per heavy atom. The lowest BCUT2D eigenvalue weighted by Crippen LogP contribution is -2.32. The van der Waals surface area contributed by atoms with Crippen molar-refractivity contribution in [2.24, 2.45) is 0 Å². The van der Waals surface area contributed by atoms with Gasteiger partial charge in [0.15, 0.2) is 0 Å². The molecule has 0 fully saturated rings. The van der Waals surface area contributed by atoms with Crippen molar-refractivity contribution in [1.82, 2.24) is 0 Å². The quantitative estimate of drug-likeness (QED) is 0.263. The first kappa shape index (κ1) is 24.3. The first-order valence-electron chi connectivity index (χ1n) is 10.5. The third kappa shape index (κ3) is 4.73. The summed E-state index contributed by atoms with van der Waals surface area (Å²) in [7, 11) is 1.42. The van der Waals surface area contributed by atoms with Gasteiger partial charge in [-0.05, 0) is 73.5 Å². The molecule has 4 rings (SSSR count). The van der Waals surface area contributed by atoms with Crippen LogP contribution in [0.4, 0.5) is 11.4 Å². The minimum atomic E-state index is -0.714. The summed E-state index contributed by atoms with van der Waals surface area (Å²) in [6, 6.07) is 16.3. The number of carbonyl (C=O) groups excluding carboxylic acids is 3. The van der Waals surface area contributed by atoms with Crippen molar-refractivity contribution in [3.63, 3.8) is 0 Å². The van der Waals surface area contributed by atoms with Crippen molar-refractivity contribution in [1.29, 1.82) is 0 Å². The molecule has 0 radical (unpaired) electrons. The molecule has 3 aromatic rings. The number of esters is 1. The molecule has 1 aliphatic rings. The van der Waals surface area contributed by atoms with Crippen LogP contribution in [0.15, 0.2) is 71.4 Å². The highest BCUT2D eigenvalue weighted by Crippen LogP contribution is 2.37. The molecule has 35 heavy (non-hydrogen) atoms. The van der Waals surface area contributed by atoms with Crippen LogP contribution in [0.3, 0.4) is 0 Å². The number of halogens is 2. The Labute approximate surface area is 211 Å². The van der Waals surface area contributed by atoms with Gasteiger partial charge in [-0.1, -0.05) is 35.3 Å². The van der Waals surface area contributed by atoms with Gasteiger partial charge in [0.1, 0.15) is 22.2 Å². The summed E-state index contributed by atoms with van der Waals surface area (Å²) >= 11 is 12.3. The van der Waals surface area contributed by atoms with Crippen molar-refractivity contribution in [3.05, 3.63) is 93.1 Å². The molecule has 0 unspecified atom stereocenters. The molecule has 0 aromatic heterocycles. The maximum absolute atomic E-state index is 13.1. The molecule has 0 saturated heterocycles. The monoisotopic (exact) mass is 510 g/mol. The summed E-state index contributed by atoms with van der Waals surface area (Å²) in [5.74, 6) is -1.13. The fraction of sp³-hybridized carbons (Fsp3) is 0.115. The summed E-state index contributed by atoms with van der Waals surface area (Å²) in [5, 5.41) is 2.90. The number of nitrogens with one attached hydrogen (secondary N) is 1. The van der Waals surface area contributed by atoms with E-state index < -0.39 is 17.8 Å².